The second-order valence-corrected chi connectivity index (χ2v) is 5.59. The first-order chi connectivity index (χ1) is 7.96. The van der Waals surface area contributed by atoms with Gasteiger partial charge < -0.3 is 11.1 Å². The molecule has 0 saturated heterocycles. The van der Waals surface area contributed by atoms with Gasteiger partial charge in [0.15, 0.2) is 5.82 Å². The minimum Gasteiger partial charge on any atom is -0.389 e. The minimum atomic E-state index is -3.25. The summed E-state index contributed by atoms with van der Waals surface area (Å²) in [6.45, 7) is 0.192. The third-order valence-electron chi connectivity index (χ3n) is 1.96. The topological polar surface area (TPSA) is 110 Å². The zero-order chi connectivity index (χ0) is 12.9. The van der Waals surface area contributed by atoms with Gasteiger partial charge in [-0.15, -0.1) is 5.10 Å². The fourth-order valence-electron chi connectivity index (χ4n) is 1.07. The predicted molar refractivity (Wildman–Crippen MR) is 69.3 cm³/mol. The number of nitrogens with two attached hydrogens (primary N) is 1. The van der Waals surface area contributed by atoms with Gasteiger partial charge in [-0.3, -0.25) is 0 Å². The molecule has 0 unspecified atom stereocenters. The number of aromatic nitrogens is 2. The van der Waals surface area contributed by atoms with E-state index in [-0.39, 0.29) is 17.3 Å². The van der Waals surface area contributed by atoms with Gasteiger partial charge in [0.05, 0.1) is 17.5 Å². The van der Waals surface area contributed by atoms with E-state index in [0.717, 1.165) is 0 Å². The zero-order valence-electron chi connectivity index (χ0n) is 9.17. The fourth-order valence-corrected chi connectivity index (χ4v) is 1.81. The van der Waals surface area contributed by atoms with Crippen molar-refractivity contribution in [1.29, 1.82) is 0 Å². The van der Waals surface area contributed by atoms with Crippen LogP contribution in [0.2, 0.25) is 0 Å². The van der Waals surface area contributed by atoms with Crippen LogP contribution in [-0.4, -0.2) is 42.9 Å². The highest BCUT2D eigenvalue weighted by Crippen LogP contribution is 2.09. The summed E-state index contributed by atoms with van der Waals surface area (Å²) >= 11 is 4.84. The van der Waals surface area contributed by atoms with E-state index in [2.05, 4.69) is 20.2 Å². The molecular formula is C8H13N5O2S2. The summed E-state index contributed by atoms with van der Waals surface area (Å²) in [4.78, 5) is 0.180. The highest BCUT2D eigenvalue weighted by Gasteiger charge is 2.09. The Kier molecular flexibility index (Phi) is 4.73. The van der Waals surface area contributed by atoms with E-state index in [0.29, 0.717) is 11.4 Å². The molecule has 0 aliphatic rings. The number of anilines is 1. The molecule has 94 valence electrons. The lowest BCUT2D eigenvalue weighted by atomic mass is 10.3. The molecule has 4 N–H and O–H groups in total. The largest absolute Gasteiger partial charge is 0.389 e. The van der Waals surface area contributed by atoms with Crippen LogP contribution in [0.3, 0.4) is 0 Å². The average molecular weight is 275 g/mol. The lowest BCUT2D eigenvalue weighted by Gasteiger charge is -2.08. The molecule has 0 amide bonds. The number of hydrogen-bond acceptors (Lipinski definition) is 6. The Bertz CT molecular complexity index is 502. The first-order valence-corrected chi connectivity index (χ1v) is 6.79. The van der Waals surface area contributed by atoms with Crippen molar-refractivity contribution < 1.29 is 8.42 Å². The second kappa shape index (κ2) is 5.84. The number of hydrogen-bond donors (Lipinski definition) is 3. The van der Waals surface area contributed by atoms with Crippen molar-refractivity contribution in [1.82, 2.24) is 14.9 Å². The van der Waals surface area contributed by atoms with Crippen molar-refractivity contribution in [3.05, 3.63) is 17.8 Å². The Hall–Kier alpha value is -1.32. The average Bonchev–Trinajstić information content (AvgIpc) is 2.29. The van der Waals surface area contributed by atoms with E-state index in [1.165, 1.54) is 13.2 Å². The third-order valence-corrected chi connectivity index (χ3v) is 3.54. The standard InChI is InChI=1S/C8H13N5O2S2/c1-10-17(14,15)5-4-11-8-6(7(9)16)2-3-12-13-8/h2-3,10H,4-5H2,1H3,(H2,9,16)(H,11,13). The minimum absolute atomic E-state index is 0.0726. The first-order valence-electron chi connectivity index (χ1n) is 4.73. The van der Waals surface area contributed by atoms with Crippen LogP contribution in [0.25, 0.3) is 0 Å². The van der Waals surface area contributed by atoms with Crippen LogP contribution in [0.5, 0.6) is 0 Å². The van der Waals surface area contributed by atoms with Gasteiger partial charge in [-0.25, -0.2) is 13.1 Å². The quantitative estimate of drug-likeness (QED) is 0.575. The molecule has 9 heteroatoms. The highest BCUT2D eigenvalue weighted by molar-refractivity contribution is 7.89. The van der Waals surface area contributed by atoms with E-state index in [1.807, 2.05) is 0 Å². The third kappa shape index (κ3) is 4.21. The summed E-state index contributed by atoms with van der Waals surface area (Å²) < 4.78 is 24.6. The molecule has 7 nitrogen and oxygen atoms in total. The molecule has 1 heterocycles. The highest BCUT2D eigenvalue weighted by atomic mass is 32.2. The molecule has 17 heavy (non-hydrogen) atoms. The van der Waals surface area contributed by atoms with Crippen LogP contribution in [-0.2, 0) is 10.0 Å². The summed E-state index contributed by atoms with van der Waals surface area (Å²) in [7, 11) is -1.89. The summed E-state index contributed by atoms with van der Waals surface area (Å²) in [5.74, 6) is 0.308. The number of sulfonamides is 1. The van der Waals surface area contributed by atoms with Gasteiger partial charge in [0.2, 0.25) is 10.0 Å². The van der Waals surface area contributed by atoms with Crippen molar-refractivity contribution in [3.63, 3.8) is 0 Å². The molecule has 0 fully saturated rings. The van der Waals surface area contributed by atoms with E-state index in [1.54, 1.807) is 6.07 Å². The lowest BCUT2D eigenvalue weighted by molar-refractivity contribution is 0.588. The van der Waals surface area contributed by atoms with Gasteiger partial charge in [0.25, 0.3) is 0 Å². The molecule has 1 rings (SSSR count). The molecule has 0 bridgehead atoms. The lowest BCUT2D eigenvalue weighted by Crippen LogP contribution is -2.27. The Balaban J connectivity index is 2.67. The normalized spacial score (nSPS) is 11.1. The van der Waals surface area contributed by atoms with E-state index in [9.17, 15) is 8.42 Å². The fraction of sp³-hybridized carbons (Fsp3) is 0.375. The molecule has 0 atom stereocenters. The van der Waals surface area contributed by atoms with Crippen LogP contribution in [0.15, 0.2) is 12.3 Å². The summed E-state index contributed by atoms with van der Waals surface area (Å²) in [6, 6.07) is 1.62. The Labute approximate surface area is 105 Å². The van der Waals surface area contributed by atoms with Crippen LogP contribution >= 0.6 is 12.2 Å². The Morgan fingerprint density at radius 2 is 2.29 bits per heavy atom. The van der Waals surface area contributed by atoms with Crippen LogP contribution in [0.4, 0.5) is 5.82 Å². The summed E-state index contributed by atoms with van der Waals surface area (Å²) in [5, 5.41) is 10.3. The van der Waals surface area contributed by atoms with Crippen LogP contribution in [0.1, 0.15) is 5.56 Å². The van der Waals surface area contributed by atoms with Crippen LogP contribution in [0, 0.1) is 0 Å². The number of rotatable bonds is 6. The van der Waals surface area contributed by atoms with Crippen molar-refractivity contribution in [2.45, 2.75) is 0 Å². The summed E-state index contributed by atoms with van der Waals surface area (Å²) in [5.41, 5.74) is 6.03. The molecule has 0 spiro atoms. The molecule has 0 radical (unpaired) electrons. The maximum absolute atomic E-state index is 11.2. The van der Waals surface area contributed by atoms with Gasteiger partial charge in [0.1, 0.15) is 4.99 Å². The van der Waals surface area contributed by atoms with Gasteiger partial charge in [-0.2, -0.15) is 5.10 Å². The van der Waals surface area contributed by atoms with Crippen LogP contribution < -0.4 is 15.8 Å². The monoisotopic (exact) mass is 275 g/mol. The van der Waals surface area contributed by atoms with E-state index in [4.69, 9.17) is 18.0 Å². The zero-order valence-corrected chi connectivity index (χ0v) is 10.8. The summed E-state index contributed by atoms with van der Waals surface area (Å²) in [6.07, 6.45) is 1.46. The van der Waals surface area contributed by atoms with Gasteiger partial charge in [-0.05, 0) is 13.1 Å². The van der Waals surface area contributed by atoms with Gasteiger partial charge in [0, 0.05) is 6.54 Å². The van der Waals surface area contributed by atoms with Crippen molar-refractivity contribution >= 4 is 33.0 Å². The number of nitrogens with zero attached hydrogens (tertiary/aromatic N) is 2. The van der Waals surface area contributed by atoms with Crippen molar-refractivity contribution in [3.8, 4) is 0 Å². The molecule has 0 aliphatic heterocycles. The molecule has 0 aromatic carbocycles. The van der Waals surface area contributed by atoms with E-state index < -0.39 is 10.0 Å². The second-order valence-electron chi connectivity index (χ2n) is 3.11. The van der Waals surface area contributed by atoms with Crippen molar-refractivity contribution in [2.75, 3.05) is 24.7 Å². The Morgan fingerprint density at radius 1 is 1.59 bits per heavy atom. The Morgan fingerprint density at radius 3 is 2.88 bits per heavy atom. The van der Waals surface area contributed by atoms with Crippen molar-refractivity contribution in [2.24, 2.45) is 5.73 Å². The first kappa shape index (κ1) is 13.7. The maximum Gasteiger partial charge on any atom is 0.213 e. The molecule has 1 aromatic rings. The number of thiocarbonyl (C=S) groups is 1. The van der Waals surface area contributed by atoms with Gasteiger partial charge in [-0.1, -0.05) is 12.2 Å². The molecular weight excluding hydrogens is 262 g/mol. The maximum atomic E-state index is 11.2. The predicted octanol–water partition coefficient (Wildman–Crippen LogP) is -0.928. The molecule has 0 saturated carbocycles. The van der Waals surface area contributed by atoms with E-state index >= 15 is 0 Å². The molecule has 1 aromatic heterocycles. The molecule has 0 aliphatic carbocycles. The SMILES string of the molecule is CNS(=O)(=O)CCNc1nnccc1C(N)=S. The number of nitrogens with one attached hydrogen (secondary N) is 2. The van der Waals surface area contributed by atoms with Gasteiger partial charge >= 0.3 is 0 Å². The smallest absolute Gasteiger partial charge is 0.213 e.